The zero-order chi connectivity index (χ0) is 13.1. The quantitative estimate of drug-likeness (QED) is 0.880. The van der Waals surface area contributed by atoms with Gasteiger partial charge in [-0.1, -0.05) is 6.07 Å². The lowest BCUT2D eigenvalue weighted by atomic mass is 10.1. The highest BCUT2D eigenvalue weighted by atomic mass is 16.5. The van der Waals surface area contributed by atoms with E-state index in [1.807, 2.05) is 0 Å². The maximum atomic E-state index is 12.3. The SMILES string of the molecule is COc1cccc(OC)c1C(=O)n1ccc(N)n1. The van der Waals surface area contributed by atoms with Crippen LogP contribution >= 0.6 is 0 Å². The average Bonchev–Trinajstić information content (AvgIpc) is 2.83. The molecule has 6 nitrogen and oxygen atoms in total. The molecule has 0 atom stereocenters. The van der Waals surface area contributed by atoms with Crippen LogP contribution < -0.4 is 15.2 Å². The van der Waals surface area contributed by atoms with Crippen LogP contribution in [0.2, 0.25) is 0 Å². The molecule has 2 aromatic rings. The summed E-state index contributed by atoms with van der Waals surface area (Å²) in [6.07, 6.45) is 1.49. The summed E-state index contributed by atoms with van der Waals surface area (Å²) in [5, 5.41) is 3.87. The molecule has 2 rings (SSSR count). The van der Waals surface area contributed by atoms with Gasteiger partial charge in [-0.2, -0.15) is 0 Å². The van der Waals surface area contributed by atoms with E-state index in [4.69, 9.17) is 15.2 Å². The zero-order valence-electron chi connectivity index (χ0n) is 10.1. The summed E-state index contributed by atoms with van der Waals surface area (Å²) in [6, 6.07) is 6.65. The van der Waals surface area contributed by atoms with Crippen molar-refractivity contribution in [3.8, 4) is 11.5 Å². The number of nitrogens with two attached hydrogens (primary N) is 1. The first-order valence-corrected chi connectivity index (χ1v) is 5.24. The third-order valence-electron chi connectivity index (χ3n) is 2.46. The number of rotatable bonds is 3. The van der Waals surface area contributed by atoms with Crippen LogP contribution in [0.4, 0.5) is 5.82 Å². The van der Waals surface area contributed by atoms with Gasteiger partial charge in [-0.15, -0.1) is 5.10 Å². The molecule has 0 saturated heterocycles. The van der Waals surface area contributed by atoms with Crippen LogP contribution in [0.15, 0.2) is 30.5 Å². The Kier molecular flexibility index (Phi) is 3.18. The molecule has 18 heavy (non-hydrogen) atoms. The molecule has 0 amide bonds. The van der Waals surface area contributed by atoms with Crippen LogP contribution in [0.5, 0.6) is 11.5 Å². The number of ether oxygens (including phenoxy) is 2. The van der Waals surface area contributed by atoms with Gasteiger partial charge in [0.05, 0.1) is 14.2 Å². The van der Waals surface area contributed by atoms with Crippen molar-refractivity contribution < 1.29 is 14.3 Å². The van der Waals surface area contributed by atoms with Crippen molar-refractivity contribution in [2.24, 2.45) is 0 Å². The van der Waals surface area contributed by atoms with Gasteiger partial charge in [0.2, 0.25) is 0 Å². The minimum atomic E-state index is -0.360. The number of hydrogen-bond donors (Lipinski definition) is 1. The normalized spacial score (nSPS) is 10.1. The maximum absolute atomic E-state index is 12.3. The van der Waals surface area contributed by atoms with Crippen LogP contribution in [-0.4, -0.2) is 29.9 Å². The Morgan fingerprint density at radius 2 is 1.83 bits per heavy atom. The van der Waals surface area contributed by atoms with Crippen molar-refractivity contribution in [1.29, 1.82) is 0 Å². The van der Waals surface area contributed by atoms with Gasteiger partial charge in [0.25, 0.3) is 5.91 Å². The van der Waals surface area contributed by atoms with Crippen LogP contribution in [0.3, 0.4) is 0 Å². The third-order valence-corrected chi connectivity index (χ3v) is 2.46. The molecule has 0 aliphatic heterocycles. The molecule has 0 fully saturated rings. The molecular weight excluding hydrogens is 234 g/mol. The largest absolute Gasteiger partial charge is 0.496 e. The van der Waals surface area contributed by atoms with Crippen molar-refractivity contribution in [2.75, 3.05) is 20.0 Å². The summed E-state index contributed by atoms with van der Waals surface area (Å²) in [4.78, 5) is 12.3. The molecule has 1 aromatic carbocycles. The number of hydrogen-bond acceptors (Lipinski definition) is 5. The number of aromatic nitrogens is 2. The van der Waals surface area contributed by atoms with Crippen LogP contribution in [0.25, 0.3) is 0 Å². The number of anilines is 1. The first-order valence-electron chi connectivity index (χ1n) is 5.24. The van der Waals surface area contributed by atoms with Gasteiger partial charge < -0.3 is 15.2 Å². The molecule has 0 saturated carbocycles. The summed E-state index contributed by atoms with van der Waals surface area (Å²) >= 11 is 0. The van der Waals surface area contributed by atoms with Crippen molar-refractivity contribution in [1.82, 2.24) is 9.78 Å². The van der Waals surface area contributed by atoms with Gasteiger partial charge in [-0.25, -0.2) is 4.68 Å². The molecule has 1 aromatic heterocycles. The fourth-order valence-corrected chi connectivity index (χ4v) is 1.63. The minimum Gasteiger partial charge on any atom is -0.496 e. The predicted octanol–water partition coefficient (Wildman–Crippen LogP) is 1.17. The number of methoxy groups -OCH3 is 2. The topological polar surface area (TPSA) is 79.4 Å². The molecule has 0 aliphatic carbocycles. The highest BCUT2D eigenvalue weighted by Crippen LogP contribution is 2.28. The number of carbonyl (C=O) groups is 1. The lowest BCUT2D eigenvalue weighted by Crippen LogP contribution is -2.15. The maximum Gasteiger partial charge on any atom is 0.285 e. The second kappa shape index (κ2) is 4.79. The molecule has 94 valence electrons. The Balaban J connectivity index is 2.52. The van der Waals surface area contributed by atoms with Crippen LogP contribution in [-0.2, 0) is 0 Å². The molecule has 0 aliphatic rings. The summed E-state index contributed by atoms with van der Waals surface area (Å²) in [5.74, 6) is 0.764. The van der Waals surface area contributed by atoms with Crippen molar-refractivity contribution in [3.63, 3.8) is 0 Å². The van der Waals surface area contributed by atoms with Crippen molar-refractivity contribution >= 4 is 11.7 Å². The van der Waals surface area contributed by atoms with E-state index >= 15 is 0 Å². The number of nitrogens with zero attached hydrogens (tertiary/aromatic N) is 2. The summed E-state index contributed by atoms with van der Waals surface area (Å²) < 4.78 is 11.5. The lowest BCUT2D eigenvalue weighted by Gasteiger charge is -2.11. The standard InChI is InChI=1S/C12H13N3O3/c1-17-8-4-3-5-9(18-2)11(8)12(16)15-7-6-10(13)14-15/h3-7H,1-2H3,(H2,13,14). The van der Waals surface area contributed by atoms with Crippen molar-refractivity contribution in [3.05, 3.63) is 36.0 Å². The number of benzene rings is 1. The molecule has 0 radical (unpaired) electrons. The lowest BCUT2D eigenvalue weighted by molar-refractivity contribution is 0.0939. The Hall–Kier alpha value is -2.50. The minimum absolute atomic E-state index is 0.275. The molecule has 0 bridgehead atoms. The second-order valence-corrected chi connectivity index (χ2v) is 3.53. The highest BCUT2D eigenvalue weighted by molar-refractivity contribution is 6.00. The van der Waals surface area contributed by atoms with Crippen molar-refractivity contribution in [2.45, 2.75) is 0 Å². The first-order chi connectivity index (χ1) is 8.67. The fourth-order valence-electron chi connectivity index (χ4n) is 1.63. The summed E-state index contributed by atoms with van der Waals surface area (Å²) in [7, 11) is 2.98. The Bertz CT molecular complexity index is 555. The molecule has 6 heteroatoms. The first kappa shape index (κ1) is 12.0. The zero-order valence-corrected chi connectivity index (χ0v) is 10.1. The van der Waals surface area contributed by atoms with E-state index in [0.29, 0.717) is 17.1 Å². The van der Waals surface area contributed by atoms with Gasteiger partial charge in [-0.3, -0.25) is 4.79 Å². The van der Waals surface area contributed by atoms with Gasteiger partial charge >= 0.3 is 0 Å². The predicted molar refractivity (Wildman–Crippen MR) is 65.9 cm³/mol. The number of nitrogen functional groups attached to an aromatic ring is 1. The van der Waals surface area contributed by atoms with Crippen LogP contribution in [0, 0.1) is 0 Å². The van der Waals surface area contributed by atoms with E-state index in [1.165, 1.54) is 20.4 Å². The van der Waals surface area contributed by atoms with E-state index in [-0.39, 0.29) is 11.7 Å². The molecule has 1 heterocycles. The van der Waals surface area contributed by atoms with E-state index in [0.717, 1.165) is 4.68 Å². The smallest absolute Gasteiger partial charge is 0.285 e. The van der Waals surface area contributed by atoms with E-state index in [1.54, 1.807) is 24.3 Å². The molecule has 0 unspecified atom stereocenters. The summed E-state index contributed by atoms with van der Waals surface area (Å²) in [6.45, 7) is 0. The van der Waals surface area contributed by atoms with E-state index < -0.39 is 0 Å². The summed E-state index contributed by atoms with van der Waals surface area (Å²) in [5.41, 5.74) is 5.80. The van der Waals surface area contributed by atoms with Gasteiger partial charge in [0.15, 0.2) is 0 Å². The fraction of sp³-hybridized carbons (Fsp3) is 0.167. The monoisotopic (exact) mass is 247 g/mol. The average molecular weight is 247 g/mol. The molecule has 2 N–H and O–H groups in total. The molecule has 0 spiro atoms. The molecular formula is C12H13N3O3. The Morgan fingerprint density at radius 3 is 2.28 bits per heavy atom. The Labute approximate surface area is 104 Å². The second-order valence-electron chi connectivity index (χ2n) is 3.53. The van der Waals surface area contributed by atoms with Gasteiger partial charge in [0, 0.05) is 12.3 Å². The highest BCUT2D eigenvalue weighted by Gasteiger charge is 2.20. The van der Waals surface area contributed by atoms with Crippen LogP contribution in [0.1, 0.15) is 10.4 Å². The van der Waals surface area contributed by atoms with E-state index in [9.17, 15) is 4.79 Å². The third kappa shape index (κ3) is 2.00. The number of carbonyl (C=O) groups excluding carboxylic acids is 1. The van der Waals surface area contributed by atoms with E-state index in [2.05, 4.69) is 5.10 Å². The Morgan fingerprint density at radius 1 is 1.22 bits per heavy atom. The van der Waals surface area contributed by atoms with Gasteiger partial charge in [-0.05, 0) is 12.1 Å². The van der Waals surface area contributed by atoms with Gasteiger partial charge in [0.1, 0.15) is 22.9 Å².